The minimum absolute atomic E-state index is 0.0133. The number of para-hydroxylation sites is 1. The van der Waals surface area contributed by atoms with Crippen molar-refractivity contribution in [1.29, 1.82) is 0 Å². The van der Waals surface area contributed by atoms with Crippen molar-refractivity contribution in [2.75, 3.05) is 13.2 Å². The molecule has 1 aliphatic rings. The summed E-state index contributed by atoms with van der Waals surface area (Å²) in [7, 11) is 0. The maximum absolute atomic E-state index is 13.3. The Labute approximate surface area is 165 Å². The third-order valence-electron chi connectivity index (χ3n) is 4.99. The second kappa shape index (κ2) is 8.00. The number of hydrogen-bond acceptors (Lipinski definition) is 4. The fourth-order valence-electron chi connectivity index (χ4n) is 3.52. The van der Waals surface area contributed by atoms with Gasteiger partial charge < -0.3 is 10.1 Å². The summed E-state index contributed by atoms with van der Waals surface area (Å²) in [6.45, 7) is 0.823. The van der Waals surface area contributed by atoms with Crippen LogP contribution in [0.3, 0.4) is 0 Å². The second-order valence-corrected chi connectivity index (χ2v) is 6.94. The summed E-state index contributed by atoms with van der Waals surface area (Å²) >= 11 is 0. The monoisotopic (exact) mass is 397 g/mol. The third kappa shape index (κ3) is 3.84. The number of nitrogens with one attached hydrogen (secondary N) is 1. The number of nitrogens with zero attached hydrogens (tertiary/aromatic N) is 2. The van der Waals surface area contributed by atoms with Crippen LogP contribution in [0.2, 0.25) is 0 Å². The molecule has 2 heterocycles. The molecule has 7 nitrogen and oxygen atoms in total. The van der Waals surface area contributed by atoms with E-state index in [-0.39, 0.29) is 24.2 Å². The van der Waals surface area contributed by atoms with Crippen LogP contribution >= 0.6 is 0 Å². The van der Waals surface area contributed by atoms with E-state index in [4.69, 9.17) is 4.74 Å². The van der Waals surface area contributed by atoms with E-state index < -0.39 is 17.1 Å². The molecule has 0 aliphatic carbocycles. The molecule has 1 aliphatic heterocycles. The normalized spacial score (nSPS) is 16.2. The van der Waals surface area contributed by atoms with E-state index in [1.807, 2.05) is 0 Å². The fourth-order valence-corrected chi connectivity index (χ4v) is 3.52. The standard InChI is InChI=1S/C21H20FN3O4/c22-14-7-9-15(10-8-14)25-20(27)17-5-1-2-6-18(17)24(21(25)28)13-19(26)23-12-16-4-3-11-29-16/h1-2,5-10,16H,3-4,11-13H2,(H,23,26). The Hall–Kier alpha value is -3.26. The van der Waals surface area contributed by atoms with Crippen molar-refractivity contribution < 1.29 is 13.9 Å². The number of carbonyl (C=O) groups is 1. The van der Waals surface area contributed by atoms with Gasteiger partial charge in [0, 0.05) is 13.2 Å². The first-order valence-electron chi connectivity index (χ1n) is 9.43. The average Bonchev–Trinajstić information content (AvgIpc) is 3.25. The molecular weight excluding hydrogens is 377 g/mol. The summed E-state index contributed by atoms with van der Waals surface area (Å²) in [4.78, 5) is 38.5. The summed E-state index contributed by atoms with van der Waals surface area (Å²) in [5.41, 5.74) is -0.574. The zero-order valence-corrected chi connectivity index (χ0v) is 15.6. The molecule has 150 valence electrons. The topological polar surface area (TPSA) is 82.3 Å². The zero-order chi connectivity index (χ0) is 20.4. The Morgan fingerprint density at radius 1 is 1.14 bits per heavy atom. The molecule has 1 fully saturated rings. The summed E-state index contributed by atoms with van der Waals surface area (Å²) in [5.74, 6) is -0.825. The predicted molar refractivity (Wildman–Crippen MR) is 106 cm³/mol. The van der Waals surface area contributed by atoms with E-state index in [1.165, 1.54) is 28.8 Å². The summed E-state index contributed by atoms with van der Waals surface area (Å²) < 4.78 is 21.0. The highest BCUT2D eigenvalue weighted by molar-refractivity contribution is 5.81. The molecule has 2 aromatic carbocycles. The van der Waals surface area contributed by atoms with Crippen molar-refractivity contribution in [3.05, 3.63) is 75.2 Å². The number of amides is 1. The molecule has 1 amide bonds. The second-order valence-electron chi connectivity index (χ2n) is 6.94. The van der Waals surface area contributed by atoms with Gasteiger partial charge in [-0.2, -0.15) is 0 Å². The minimum atomic E-state index is -0.660. The largest absolute Gasteiger partial charge is 0.376 e. The Kier molecular flexibility index (Phi) is 5.26. The number of halogens is 1. The van der Waals surface area contributed by atoms with Gasteiger partial charge in [-0.15, -0.1) is 0 Å². The van der Waals surface area contributed by atoms with E-state index in [0.717, 1.165) is 17.4 Å². The molecule has 29 heavy (non-hydrogen) atoms. The minimum Gasteiger partial charge on any atom is -0.376 e. The predicted octanol–water partition coefficient (Wildman–Crippen LogP) is 1.59. The molecule has 4 rings (SSSR count). The molecule has 1 atom stereocenters. The molecule has 1 unspecified atom stereocenters. The lowest BCUT2D eigenvalue weighted by atomic mass is 10.2. The molecule has 1 N–H and O–H groups in total. The van der Waals surface area contributed by atoms with Gasteiger partial charge in [-0.25, -0.2) is 13.8 Å². The summed E-state index contributed by atoms with van der Waals surface area (Å²) in [5, 5.41) is 3.08. The van der Waals surface area contributed by atoms with Gasteiger partial charge in [-0.1, -0.05) is 12.1 Å². The van der Waals surface area contributed by atoms with Crippen LogP contribution in [0.5, 0.6) is 0 Å². The van der Waals surface area contributed by atoms with Crippen molar-refractivity contribution in [3.8, 4) is 5.69 Å². The van der Waals surface area contributed by atoms with Crippen LogP contribution in [0, 0.1) is 5.82 Å². The highest BCUT2D eigenvalue weighted by Crippen LogP contribution is 2.12. The van der Waals surface area contributed by atoms with Crippen molar-refractivity contribution >= 4 is 16.8 Å². The van der Waals surface area contributed by atoms with Gasteiger partial charge in [-0.3, -0.25) is 14.2 Å². The molecule has 0 spiro atoms. The number of benzene rings is 2. The van der Waals surface area contributed by atoms with Gasteiger partial charge in [0.05, 0.1) is 22.7 Å². The maximum atomic E-state index is 13.3. The van der Waals surface area contributed by atoms with Crippen LogP contribution < -0.4 is 16.6 Å². The van der Waals surface area contributed by atoms with E-state index >= 15 is 0 Å². The van der Waals surface area contributed by atoms with Gasteiger partial charge in [-0.05, 0) is 49.2 Å². The Morgan fingerprint density at radius 2 is 1.90 bits per heavy atom. The molecule has 0 bridgehead atoms. The number of rotatable bonds is 5. The fraction of sp³-hybridized carbons (Fsp3) is 0.286. The Balaban J connectivity index is 1.74. The summed E-state index contributed by atoms with van der Waals surface area (Å²) in [6, 6.07) is 11.7. The van der Waals surface area contributed by atoms with Gasteiger partial charge in [0.25, 0.3) is 5.56 Å². The first-order chi connectivity index (χ1) is 14.0. The van der Waals surface area contributed by atoms with Crippen molar-refractivity contribution in [2.24, 2.45) is 0 Å². The van der Waals surface area contributed by atoms with Crippen molar-refractivity contribution in [2.45, 2.75) is 25.5 Å². The first-order valence-corrected chi connectivity index (χ1v) is 9.43. The van der Waals surface area contributed by atoms with Crippen LogP contribution in [0.1, 0.15) is 12.8 Å². The Morgan fingerprint density at radius 3 is 2.62 bits per heavy atom. The van der Waals surface area contributed by atoms with Crippen LogP contribution in [-0.2, 0) is 16.1 Å². The Bertz CT molecular complexity index is 1160. The van der Waals surface area contributed by atoms with E-state index in [1.54, 1.807) is 24.3 Å². The van der Waals surface area contributed by atoms with Crippen LogP contribution in [0.15, 0.2) is 58.1 Å². The van der Waals surface area contributed by atoms with E-state index in [9.17, 15) is 18.8 Å². The number of aromatic nitrogens is 2. The third-order valence-corrected chi connectivity index (χ3v) is 4.99. The van der Waals surface area contributed by atoms with Crippen LogP contribution in [-0.4, -0.2) is 34.3 Å². The van der Waals surface area contributed by atoms with Crippen LogP contribution in [0.25, 0.3) is 16.6 Å². The number of hydrogen-bond donors (Lipinski definition) is 1. The SMILES string of the molecule is O=C(Cn1c(=O)n(-c2ccc(F)cc2)c(=O)c2ccccc21)NCC1CCCO1. The molecular formula is C21H20FN3O4. The zero-order valence-electron chi connectivity index (χ0n) is 15.6. The molecule has 1 saturated heterocycles. The lowest BCUT2D eigenvalue weighted by molar-refractivity contribution is -0.122. The van der Waals surface area contributed by atoms with Crippen molar-refractivity contribution in [1.82, 2.24) is 14.5 Å². The molecule has 8 heteroatoms. The lowest BCUT2D eigenvalue weighted by Crippen LogP contribution is -2.42. The molecule has 0 saturated carbocycles. The van der Waals surface area contributed by atoms with Gasteiger partial charge in [0.1, 0.15) is 12.4 Å². The lowest BCUT2D eigenvalue weighted by Gasteiger charge is -2.15. The molecule has 1 aromatic heterocycles. The van der Waals surface area contributed by atoms with Gasteiger partial charge >= 0.3 is 5.69 Å². The quantitative estimate of drug-likeness (QED) is 0.709. The first kappa shape index (κ1) is 19.1. The van der Waals surface area contributed by atoms with Crippen molar-refractivity contribution in [3.63, 3.8) is 0 Å². The average molecular weight is 397 g/mol. The number of ether oxygens (including phenoxy) is 1. The number of fused-ring (bicyclic) bond motifs is 1. The molecule has 0 radical (unpaired) electrons. The molecule has 3 aromatic rings. The highest BCUT2D eigenvalue weighted by Gasteiger charge is 2.19. The maximum Gasteiger partial charge on any atom is 0.336 e. The van der Waals surface area contributed by atoms with Crippen LogP contribution in [0.4, 0.5) is 4.39 Å². The van der Waals surface area contributed by atoms with Gasteiger partial charge in [0.2, 0.25) is 5.91 Å². The van der Waals surface area contributed by atoms with E-state index in [0.29, 0.717) is 24.1 Å². The summed E-state index contributed by atoms with van der Waals surface area (Å²) in [6.07, 6.45) is 1.84. The number of carbonyl (C=O) groups excluding carboxylic acids is 1. The highest BCUT2D eigenvalue weighted by atomic mass is 19.1. The van der Waals surface area contributed by atoms with Gasteiger partial charge in [0.15, 0.2) is 0 Å². The smallest absolute Gasteiger partial charge is 0.336 e. The van der Waals surface area contributed by atoms with E-state index in [2.05, 4.69) is 5.32 Å².